The number of carbonyl (C=O) groups is 1. The Balaban J connectivity index is 1.40. The first-order valence-corrected chi connectivity index (χ1v) is 13.0. The number of aromatic nitrogens is 2. The Kier molecular flexibility index (Phi) is 6.98. The molecular weight excluding hydrogens is 466 g/mol. The second kappa shape index (κ2) is 9.80. The predicted octanol–water partition coefficient (Wildman–Crippen LogP) is 2.05. The van der Waals surface area contributed by atoms with Gasteiger partial charge in [0.05, 0.1) is 22.8 Å². The first-order valence-electron chi connectivity index (χ1n) is 11.5. The molecule has 3 aromatic rings. The van der Waals surface area contributed by atoms with Crippen molar-refractivity contribution in [1.82, 2.24) is 18.6 Å². The average Bonchev–Trinajstić information content (AvgIpc) is 3.02. The zero-order valence-electron chi connectivity index (χ0n) is 20.5. The van der Waals surface area contributed by atoms with Gasteiger partial charge < -0.3 is 5.32 Å². The normalized spacial score (nSPS) is 15.3. The lowest BCUT2D eigenvalue weighted by Crippen LogP contribution is -2.50. The van der Waals surface area contributed by atoms with E-state index in [2.05, 4.69) is 5.32 Å². The summed E-state index contributed by atoms with van der Waals surface area (Å²) >= 11 is 0. The third kappa shape index (κ3) is 4.95. The van der Waals surface area contributed by atoms with Crippen molar-refractivity contribution in [3.8, 4) is 5.69 Å². The van der Waals surface area contributed by atoms with Gasteiger partial charge in [-0.15, -0.1) is 0 Å². The van der Waals surface area contributed by atoms with Crippen LogP contribution in [0.4, 0.5) is 5.69 Å². The molecule has 1 saturated heterocycles. The average molecular weight is 498 g/mol. The van der Waals surface area contributed by atoms with Crippen LogP contribution >= 0.6 is 0 Å². The molecule has 0 saturated carbocycles. The summed E-state index contributed by atoms with van der Waals surface area (Å²) in [6.07, 6.45) is 0. The van der Waals surface area contributed by atoms with Gasteiger partial charge in [-0.2, -0.15) is 4.31 Å². The molecule has 10 heteroatoms. The number of hydrogen-bond acceptors (Lipinski definition) is 5. The fourth-order valence-corrected chi connectivity index (χ4v) is 6.08. The third-order valence-corrected chi connectivity index (χ3v) is 8.52. The van der Waals surface area contributed by atoms with Gasteiger partial charge in [-0.1, -0.05) is 35.9 Å². The minimum Gasteiger partial charge on any atom is -0.319 e. The summed E-state index contributed by atoms with van der Waals surface area (Å²) in [4.78, 5) is 28.0. The van der Waals surface area contributed by atoms with Crippen LogP contribution in [-0.2, 0) is 21.9 Å². The number of para-hydroxylation sites is 1. The van der Waals surface area contributed by atoms with Gasteiger partial charge in [-0.3, -0.25) is 19.2 Å². The molecule has 1 fully saturated rings. The van der Waals surface area contributed by atoms with Crippen LogP contribution in [0.15, 0.2) is 58.2 Å². The molecule has 9 nitrogen and oxygen atoms in total. The van der Waals surface area contributed by atoms with Crippen molar-refractivity contribution in [2.75, 3.05) is 38.0 Å². The Morgan fingerprint density at radius 3 is 2.26 bits per heavy atom. The van der Waals surface area contributed by atoms with Crippen LogP contribution in [0.25, 0.3) is 5.69 Å². The number of amides is 1. The largest absolute Gasteiger partial charge is 0.319 e. The number of benzene rings is 2. The first kappa shape index (κ1) is 24.9. The van der Waals surface area contributed by atoms with Crippen LogP contribution in [0.3, 0.4) is 0 Å². The Hall–Kier alpha value is -3.21. The van der Waals surface area contributed by atoms with Crippen molar-refractivity contribution in [2.45, 2.75) is 25.7 Å². The number of nitrogens with zero attached hydrogens (tertiary/aromatic N) is 4. The van der Waals surface area contributed by atoms with Gasteiger partial charge in [0, 0.05) is 33.2 Å². The van der Waals surface area contributed by atoms with E-state index in [4.69, 9.17) is 0 Å². The maximum Gasteiger partial charge on any atom is 0.295 e. The minimum atomic E-state index is -3.59. The molecule has 0 aliphatic carbocycles. The van der Waals surface area contributed by atoms with Crippen LogP contribution < -0.4 is 10.9 Å². The van der Waals surface area contributed by atoms with E-state index in [0.717, 1.165) is 11.1 Å². The van der Waals surface area contributed by atoms with Gasteiger partial charge in [0.25, 0.3) is 5.56 Å². The minimum absolute atomic E-state index is 0.0799. The van der Waals surface area contributed by atoms with E-state index in [-0.39, 0.29) is 23.7 Å². The van der Waals surface area contributed by atoms with Crippen molar-refractivity contribution in [2.24, 2.45) is 7.05 Å². The Labute approximate surface area is 205 Å². The van der Waals surface area contributed by atoms with Gasteiger partial charge >= 0.3 is 0 Å². The summed E-state index contributed by atoms with van der Waals surface area (Å²) in [7, 11) is -1.82. The van der Waals surface area contributed by atoms with Crippen LogP contribution in [0.5, 0.6) is 0 Å². The zero-order valence-corrected chi connectivity index (χ0v) is 21.3. The van der Waals surface area contributed by atoms with Crippen molar-refractivity contribution in [3.05, 3.63) is 75.7 Å². The van der Waals surface area contributed by atoms with Gasteiger partial charge in [0.15, 0.2) is 0 Å². The highest BCUT2D eigenvalue weighted by atomic mass is 32.2. The molecule has 2 heterocycles. The van der Waals surface area contributed by atoms with Gasteiger partial charge in [0.1, 0.15) is 5.69 Å². The van der Waals surface area contributed by atoms with E-state index in [1.54, 1.807) is 37.7 Å². The monoisotopic (exact) mass is 497 g/mol. The molecule has 1 aromatic heterocycles. The third-order valence-electron chi connectivity index (χ3n) is 6.47. The number of anilines is 1. The number of carbonyl (C=O) groups excluding carboxylic acids is 1. The molecule has 1 N–H and O–H groups in total. The Morgan fingerprint density at radius 2 is 1.63 bits per heavy atom. The summed E-state index contributed by atoms with van der Waals surface area (Å²) in [6, 6.07) is 14.6. The quantitative estimate of drug-likeness (QED) is 0.562. The molecule has 0 spiro atoms. The lowest BCUT2D eigenvalue weighted by Gasteiger charge is -2.33. The van der Waals surface area contributed by atoms with Crippen LogP contribution in [0.2, 0.25) is 0 Å². The molecule has 4 rings (SSSR count). The van der Waals surface area contributed by atoms with Gasteiger partial charge in [-0.05, 0) is 44.5 Å². The lowest BCUT2D eigenvalue weighted by molar-refractivity contribution is -0.117. The van der Waals surface area contributed by atoms with Gasteiger partial charge in [-0.25, -0.2) is 13.1 Å². The fourth-order valence-electron chi connectivity index (χ4n) is 4.45. The highest BCUT2D eigenvalue weighted by Gasteiger charge is 2.30. The summed E-state index contributed by atoms with van der Waals surface area (Å²) in [6.45, 7) is 7.06. The molecule has 0 radical (unpaired) electrons. The number of aryl methyl sites for hydroxylation is 2. The Morgan fingerprint density at radius 1 is 0.971 bits per heavy atom. The SMILES string of the molecule is Cc1ccc(S(=O)(=O)N2CCN(CC(=O)Nc3c(C)n(C)n(-c4ccccc4)c3=O)CC2)c(C)c1. The topological polar surface area (TPSA) is 96.7 Å². The van der Waals surface area contributed by atoms with Crippen molar-refractivity contribution >= 4 is 21.6 Å². The zero-order chi connectivity index (χ0) is 25.3. The van der Waals surface area contributed by atoms with E-state index in [0.29, 0.717) is 42.5 Å². The van der Waals surface area contributed by atoms with E-state index in [1.807, 2.05) is 48.2 Å². The molecule has 1 aliphatic heterocycles. The lowest BCUT2D eigenvalue weighted by atomic mass is 10.2. The first-order chi connectivity index (χ1) is 16.6. The summed E-state index contributed by atoms with van der Waals surface area (Å²) < 4.78 is 30.9. The van der Waals surface area contributed by atoms with E-state index in [9.17, 15) is 18.0 Å². The number of nitrogens with one attached hydrogen (secondary N) is 1. The van der Waals surface area contributed by atoms with Crippen LogP contribution in [0, 0.1) is 20.8 Å². The van der Waals surface area contributed by atoms with Crippen molar-refractivity contribution < 1.29 is 13.2 Å². The number of sulfonamides is 1. The highest BCUT2D eigenvalue weighted by molar-refractivity contribution is 7.89. The molecule has 2 aromatic carbocycles. The maximum atomic E-state index is 13.1. The number of hydrogen-bond donors (Lipinski definition) is 1. The molecule has 0 unspecified atom stereocenters. The van der Waals surface area contributed by atoms with E-state index < -0.39 is 10.0 Å². The van der Waals surface area contributed by atoms with Crippen LogP contribution in [-0.4, -0.2) is 65.6 Å². The summed E-state index contributed by atoms with van der Waals surface area (Å²) in [5, 5.41) is 2.77. The highest BCUT2D eigenvalue weighted by Crippen LogP contribution is 2.22. The molecule has 35 heavy (non-hydrogen) atoms. The number of rotatable bonds is 6. The summed E-state index contributed by atoms with van der Waals surface area (Å²) in [5.74, 6) is -0.304. The second-order valence-electron chi connectivity index (χ2n) is 8.93. The number of piperazine rings is 1. The predicted molar refractivity (Wildman–Crippen MR) is 135 cm³/mol. The van der Waals surface area contributed by atoms with Crippen molar-refractivity contribution in [3.63, 3.8) is 0 Å². The van der Waals surface area contributed by atoms with E-state index >= 15 is 0 Å². The standard InChI is InChI=1S/C25H31N5O4S/c1-18-10-11-22(19(2)16-18)35(33,34)29-14-12-28(13-15-29)17-23(31)26-24-20(3)27(4)30(25(24)32)21-8-6-5-7-9-21/h5-11,16H,12-15,17H2,1-4H3,(H,26,31). The second-order valence-corrected chi connectivity index (χ2v) is 10.8. The van der Waals surface area contributed by atoms with Gasteiger partial charge in [0.2, 0.25) is 15.9 Å². The molecule has 1 aliphatic rings. The van der Waals surface area contributed by atoms with Crippen molar-refractivity contribution in [1.29, 1.82) is 0 Å². The molecular formula is C25H31N5O4S. The summed E-state index contributed by atoms with van der Waals surface area (Å²) in [5.41, 5.74) is 3.06. The molecule has 186 valence electrons. The smallest absolute Gasteiger partial charge is 0.295 e. The maximum absolute atomic E-state index is 13.1. The fraction of sp³-hybridized carbons (Fsp3) is 0.360. The molecule has 1 amide bonds. The Bertz CT molecular complexity index is 1400. The molecule has 0 atom stereocenters. The molecule has 0 bridgehead atoms. The van der Waals surface area contributed by atoms with Crippen LogP contribution in [0.1, 0.15) is 16.8 Å². The van der Waals surface area contributed by atoms with E-state index in [1.165, 1.54) is 8.99 Å².